The summed E-state index contributed by atoms with van der Waals surface area (Å²) in [6.45, 7) is 1.69. The van der Waals surface area contributed by atoms with Crippen LogP contribution in [0.1, 0.15) is 11.1 Å². The van der Waals surface area contributed by atoms with Crippen molar-refractivity contribution in [2.24, 2.45) is 0 Å². The number of carbonyl (C=O) groups excluding carboxylic acids is 2. The minimum absolute atomic E-state index is 0.157. The predicted octanol–water partition coefficient (Wildman–Crippen LogP) is 3.48. The van der Waals surface area contributed by atoms with Crippen molar-refractivity contribution in [2.75, 3.05) is 11.9 Å². The highest BCUT2D eigenvalue weighted by molar-refractivity contribution is 9.10. The van der Waals surface area contributed by atoms with Crippen molar-refractivity contribution in [3.8, 4) is 0 Å². The smallest absolute Gasteiger partial charge is 0.310 e. The standard InChI is InChI=1S/C17H16BrNO3/c1-12-5-7-13(8-6-12)9-17(21)22-11-16(20)19-15-4-2-3-14(18)10-15/h2-8,10H,9,11H2,1H3,(H,19,20). The maximum atomic E-state index is 11.7. The van der Waals surface area contributed by atoms with Crippen molar-refractivity contribution in [1.29, 1.82) is 0 Å². The Morgan fingerprint density at radius 3 is 2.55 bits per heavy atom. The lowest BCUT2D eigenvalue weighted by atomic mass is 10.1. The molecule has 0 saturated heterocycles. The molecule has 0 aromatic heterocycles. The molecule has 0 fully saturated rings. The van der Waals surface area contributed by atoms with E-state index in [1.807, 2.05) is 43.3 Å². The number of aryl methyl sites for hydroxylation is 1. The van der Waals surface area contributed by atoms with Crippen LogP contribution in [0.2, 0.25) is 0 Å². The largest absolute Gasteiger partial charge is 0.455 e. The highest BCUT2D eigenvalue weighted by atomic mass is 79.9. The number of hydrogen-bond acceptors (Lipinski definition) is 3. The van der Waals surface area contributed by atoms with E-state index in [4.69, 9.17) is 4.74 Å². The summed E-state index contributed by atoms with van der Waals surface area (Å²) >= 11 is 3.32. The summed E-state index contributed by atoms with van der Waals surface area (Å²) in [6.07, 6.45) is 0.157. The molecule has 0 unspecified atom stereocenters. The fraction of sp³-hybridized carbons (Fsp3) is 0.176. The van der Waals surface area contributed by atoms with Crippen molar-refractivity contribution in [2.45, 2.75) is 13.3 Å². The quantitative estimate of drug-likeness (QED) is 0.829. The number of nitrogens with one attached hydrogen (secondary N) is 1. The third kappa shape index (κ3) is 5.33. The SMILES string of the molecule is Cc1ccc(CC(=O)OCC(=O)Nc2cccc(Br)c2)cc1. The van der Waals surface area contributed by atoms with Crippen LogP contribution >= 0.6 is 15.9 Å². The molecule has 1 N–H and O–H groups in total. The topological polar surface area (TPSA) is 55.4 Å². The molecular weight excluding hydrogens is 346 g/mol. The van der Waals surface area contributed by atoms with Crippen molar-refractivity contribution >= 4 is 33.5 Å². The van der Waals surface area contributed by atoms with Gasteiger partial charge in [-0.25, -0.2) is 0 Å². The first kappa shape index (κ1) is 16.2. The van der Waals surface area contributed by atoms with Gasteiger partial charge < -0.3 is 10.1 Å². The fourth-order valence-electron chi connectivity index (χ4n) is 1.83. The van der Waals surface area contributed by atoms with E-state index in [1.54, 1.807) is 12.1 Å². The molecule has 22 heavy (non-hydrogen) atoms. The minimum Gasteiger partial charge on any atom is -0.455 e. The molecule has 2 aromatic rings. The van der Waals surface area contributed by atoms with Crippen LogP contribution in [0.5, 0.6) is 0 Å². The molecule has 0 heterocycles. The zero-order valence-electron chi connectivity index (χ0n) is 12.1. The summed E-state index contributed by atoms with van der Waals surface area (Å²) < 4.78 is 5.84. The van der Waals surface area contributed by atoms with Crippen LogP contribution in [0.3, 0.4) is 0 Å². The highest BCUT2D eigenvalue weighted by Gasteiger charge is 2.09. The first-order valence-corrected chi connectivity index (χ1v) is 7.59. The maximum Gasteiger partial charge on any atom is 0.310 e. The van der Waals surface area contributed by atoms with E-state index in [-0.39, 0.29) is 18.9 Å². The van der Waals surface area contributed by atoms with E-state index in [0.29, 0.717) is 5.69 Å². The van der Waals surface area contributed by atoms with Crippen molar-refractivity contribution in [3.05, 3.63) is 64.1 Å². The summed E-state index contributed by atoms with van der Waals surface area (Å²) in [5.41, 5.74) is 2.64. The molecule has 114 valence electrons. The number of hydrogen-bond donors (Lipinski definition) is 1. The molecule has 0 radical (unpaired) electrons. The van der Waals surface area contributed by atoms with Crippen LogP contribution in [-0.4, -0.2) is 18.5 Å². The third-order valence-corrected chi connectivity index (χ3v) is 3.43. The van der Waals surface area contributed by atoms with E-state index in [0.717, 1.165) is 15.6 Å². The number of rotatable bonds is 5. The molecular formula is C17H16BrNO3. The van der Waals surface area contributed by atoms with Crippen LogP contribution in [0, 0.1) is 6.92 Å². The average Bonchev–Trinajstić information content (AvgIpc) is 2.48. The Kier molecular flexibility index (Phi) is 5.72. The first-order valence-electron chi connectivity index (χ1n) is 6.79. The zero-order chi connectivity index (χ0) is 15.9. The number of halogens is 1. The van der Waals surface area contributed by atoms with E-state index in [9.17, 15) is 9.59 Å². The lowest BCUT2D eigenvalue weighted by Crippen LogP contribution is -2.21. The molecule has 5 heteroatoms. The number of carbonyl (C=O) groups is 2. The third-order valence-electron chi connectivity index (χ3n) is 2.94. The van der Waals surface area contributed by atoms with E-state index in [1.165, 1.54) is 0 Å². The van der Waals surface area contributed by atoms with Gasteiger partial charge >= 0.3 is 5.97 Å². The van der Waals surface area contributed by atoms with Gasteiger partial charge in [-0.15, -0.1) is 0 Å². The number of benzene rings is 2. The average molecular weight is 362 g/mol. The second-order valence-electron chi connectivity index (χ2n) is 4.88. The normalized spacial score (nSPS) is 10.1. The van der Waals surface area contributed by atoms with Gasteiger partial charge in [-0.2, -0.15) is 0 Å². The fourth-order valence-corrected chi connectivity index (χ4v) is 2.23. The van der Waals surface area contributed by atoms with Crippen LogP contribution in [-0.2, 0) is 20.7 Å². The van der Waals surface area contributed by atoms with Gasteiger partial charge in [0, 0.05) is 10.2 Å². The monoisotopic (exact) mass is 361 g/mol. The van der Waals surface area contributed by atoms with Gasteiger partial charge in [-0.1, -0.05) is 51.8 Å². The minimum atomic E-state index is -0.423. The van der Waals surface area contributed by atoms with E-state index < -0.39 is 5.97 Å². The van der Waals surface area contributed by atoms with E-state index in [2.05, 4.69) is 21.2 Å². The Morgan fingerprint density at radius 2 is 1.86 bits per heavy atom. The van der Waals surface area contributed by atoms with E-state index >= 15 is 0 Å². The molecule has 0 aliphatic rings. The van der Waals surface area contributed by atoms with Gasteiger partial charge in [0.15, 0.2) is 6.61 Å². The van der Waals surface area contributed by atoms with Crippen LogP contribution in [0.4, 0.5) is 5.69 Å². The summed E-state index contributed by atoms with van der Waals surface area (Å²) in [7, 11) is 0. The lowest BCUT2D eigenvalue weighted by molar-refractivity contribution is -0.146. The van der Waals surface area contributed by atoms with Crippen molar-refractivity contribution < 1.29 is 14.3 Å². The van der Waals surface area contributed by atoms with Gasteiger partial charge in [0.05, 0.1) is 6.42 Å². The molecule has 0 atom stereocenters. The summed E-state index contributed by atoms with van der Waals surface area (Å²) in [6, 6.07) is 14.8. The molecule has 0 aliphatic heterocycles. The highest BCUT2D eigenvalue weighted by Crippen LogP contribution is 2.15. The Bertz CT molecular complexity index is 668. The number of anilines is 1. The van der Waals surface area contributed by atoms with Gasteiger partial charge in [0.2, 0.25) is 0 Å². The van der Waals surface area contributed by atoms with Crippen LogP contribution in [0.15, 0.2) is 53.0 Å². The molecule has 1 amide bonds. The first-order chi connectivity index (χ1) is 10.5. The number of amides is 1. The lowest BCUT2D eigenvalue weighted by Gasteiger charge is -2.07. The summed E-state index contributed by atoms with van der Waals surface area (Å²) in [5.74, 6) is -0.788. The molecule has 0 aliphatic carbocycles. The molecule has 2 aromatic carbocycles. The number of esters is 1. The molecule has 4 nitrogen and oxygen atoms in total. The second-order valence-corrected chi connectivity index (χ2v) is 5.80. The zero-order valence-corrected chi connectivity index (χ0v) is 13.7. The van der Waals surface area contributed by atoms with Crippen molar-refractivity contribution in [1.82, 2.24) is 0 Å². The van der Waals surface area contributed by atoms with Gasteiger partial charge in [-0.05, 0) is 30.7 Å². The molecule has 0 bridgehead atoms. The van der Waals surface area contributed by atoms with Gasteiger partial charge in [0.1, 0.15) is 0 Å². The van der Waals surface area contributed by atoms with Crippen LogP contribution < -0.4 is 5.32 Å². The van der Waals surface area contributed by atoms with Gasteiger partial charge in [-0.3, -0.25) is 9.59 Å². The number of ether oxygens (including phenoxy) is 1. The van der Waals surface area contributed by atoms with Crippen molar-refractivity contribution in [3.63, 3.8) is 0 Å². The Morgan fingerprint density at radius 1 is 1.14 bits per heavy atom. The summed E-state index contributed by atoms with van der Waals surface area (Å²) in [5, 5.41) is 2.66. The Balaban J connectivity index is 1.78. The molecule has 2 rings (SSSR count). The maximum absolute atomic E-state index is 11.7. The predicted molar refractivity (Wildman–Crippen MR) is 88.6 cm³/mol. The second kappa shape index (κ2) is 7.75. The molecule has 0 saturated carbocycles. The molecule has 0 spiro atoms. The summed E-state index contributed by atoms with van der Waals surface area (Å²) in [4.78, 5) is 23.4. The Labute approximate surface area is 137 Å². The van der Waals surface area contributed by atoms with Gasteiger partial charge in [0.25, 0.3) is 5.91 Å². The Hall–Kier alpha value is -2.14. The van der Waals surface area contributed by atoms with Crippen LogP contribution in [0.25, 0.3) is 0 Å².